The number of H-pyrrole nitrogens is 1. The molecule has 0 aromatic carbocycles. The second-order valence-electron chi connectivity index (χ2n) is 18.3. The Bertz CT molecular complexity index is 1220. The number of allylic oxidation sites excluding steroid dienone is 2. The van der Waals surface area contributed by atoms with Crippen LogP contribution in [0.3, 0.4) is 0 Å². The van der Waals surface area contributed by atoms with Gasteiger partial charge in [-0.15, -0.1) is 0 Å². The van der Waals surface area contributed by atoms with Gasteiger partial charge in [0.15, 0.2) is 6.29 Å². The maximum atomic E-state index is 11.4. The number of nitrogens with one attached hydrogen (secondary N) is 1. The number of ether oxygens (including phenoxy) is 2. The molecule has 7 N–H and O–H groups in total. The van der Waals surface area contributed by atoms with E-state index in [0.717, 1.165) is 56.1 Å². The fourth-order valence-corrected chi connectivity index (χ4v) is 9.56. The topological polar surface area (TPSA) is 169 Å². The molecule has 4 aliphatic rings. The number of aliphatic hydroxyl groups is 6. The highest BCUT2D eigenvalue weighted by atomic mass is 16.7. The summed E-state index contributed by atoms with van der Waals surface area (Å²) in [6.07, 6.45) is 23.1. The van der Waals surface area contributed by atoms with E-state index in [1.165, 1.54) is 116 Å². The molecule has 2 heterocycles. The van der Waals surface area contributed by atoms with E-state index in [1.807, 2.05) is 6.07 Å². The summed E-state index contributed by atoms with van der Waals surface area (Å²) in [5.74, 6) is 1.03. The van der Waals surface area contributed by atoms with Crippen LogP contribution < -0.4 is 0 Å². The first kappa shape index (κ1) is 47.3. The van der Waals surface area contributed by atoms with E-state index in [-0.39, 0.29) is 6.61 Å². The van der Waals surface area contributed by atoms with Crippen LogP contribution in [-0.4, -0.2) is 97.0 Å². The molecule has 0 radical (unpaired) electrons. The number of hydrogen-bond acceptors (Lipinski definition) is 9. The minimum atomic E-state index is -1.56. The first-order chi connectivity index (χ1) is 27.1. The van der Waals surface area contributed by atoms with Crippen molar-refractivity contribution in [1.82, 2.24) is 10.2 Å². The maximum Gasteiger partial charge on any atom is 0.186 e. The van der Waals surface area contributed by atoms with Crippen LogP contribution in [0.15, 0.2) is 17.7 Å². The molecule has 1 aromatic rings. The van der Waals surface area contributed by atoms with E-state index in [0.29, 0.717) is 17.5 Å². The van der Waals surface area contributed by atoms with Gasteiger partial charge in [0, 0.05) is 5.69 Å². The summed E-state index contributed by atoms with van der Waals surface area (Å²) in [4.78, 5) is 0. The highest BCUT2D eigenvalue weighted by Gasteiger charge is 2.50. The molecule has 5 rings (SSSR count). The van der Waals surface area contributed by atoms with Crippen molar-refractivity contribution in [2.24, 2.45) is 17.3 Å². The van der Waals surface area contributed by atoms with Crippen molar-refractivity contribution in [3.63, 3.8) is 0 Å². The molecule has 56 heavy (non-hydrogen) atoms. The van der Waals surface area contributed by atoms with Gasteiger partial charge in [-0.1, -0.05) is 148 Å². The van der Waals surface area contributed by atoms with E-state index < -0.39 is 55.4 Å². The highest BCUT2D eigenvalue weighted by Crippen LogP contribution is 2.60. The summed E-state index contributed by atoms with van der Waals surface area (Å²) in [7, 11) is 0. The van der Waals surface area contributed by atoms with Crippen molar-refractivity contribution in [3.8, 4) is 0 Å². The van der Waals surface area contributed by atoms with Gasteiger partial charge in [0.1, 0.15) is 24.4 Å². The minimum absolute atomic E-state index is 0.152. The number of aromatic nitrogens is 2. The molecule has 5 unspecified atom stereocenters. The standard InChI is InChI=1S/C46H82N2O8/c1-4-5-6-7-8-9-10-11-12-17-20-23-26-39(50)41(51)36(32-55-45-44(54)43(53)42(52)40(31-49)56-45)38-30-35(47-48-38)25-22-19-16-14-13-15-18-21-24-33-27-28-34-29-37(33)46(34,2)3/h27,30,34,36-37,39-45,49-54H,4-26,28-29,31-32H2,1-3H3,(H,47,48)/t34-,36+,37-,39+,40?,41-,42?,43?,44?,45?/m0/s1. The summed E-state index contributed by atoms with van der Waals surface area (Å²) in [5, 5.41) is 70.8. The Morgan fingerprint density at radius 2 is 1.36 bits per heavy atom. The van der Waals surface area contributed by atoms with Crippen LogP contribution in [-0.2, 0) is 15.9 Å². The highest BCUT2D eigenvalue weighted by molar-refractivity contribution is 5.23. The second-order valence-corrected chi connectivity index (χ2v) is 18.3. The number of unbranched alkanes of at least 4 members (excludes halogenated alkanes) is 18. The molecule has 10 atom stereocenters. The first-order valence-corrected chi connectivity index (χ1v) is 23.1. The third-order valence-corrected chi connectivity index (χ3v) is 13.7. The molecule has 2 bridgehead atoms. The van der Waals surface area contributed by atoms with Gasteiger partial charge in [-0.05, 0) is 68.3 Å². The van der Waals surface area contributed by atoms with Crippen LogP contribution in [0.25, 0.3) is 0 Å². The zero-order valence-electron chi connectivity index (χ0n) is 35.5. The van der Waals surface area contributed by atoms with Gasteiger partial charge >= 0.3 is 0 Å². The van der Waals surface area contributed by atoms with Gasteiger partial charge in [0.2, 0.25) is 0 Å². The van der Waals surface area contributed by atoms with Gasteiger partial charge in [0.25, 0.3) is 0 Å². The largest absolute Gasteiger partial charge is 0.394 e. The summed E-state index contributed by atoms with van der Waals surface area (Å²) in [6, 6.07) is 1.92. The average Bonchev–Trinajstić information content (AvgIpc) is 3.67. The molecule has 0 spiro atoms. The summed E-state index contributed by atoms with van der Waals surface area (Å²) in [6.45, 7) is 6.46. The van der Waals surface area contributed by atoms with Crippen molar-refractivity contribution in [1.29, 1.82) is 0 Å². The molecule has 1 aliphatic heterocycles. The molecule has 0 amide bonds. The van der Waals surface area contributed by atoms with Crippen molar-refractivity contribution in [2.75, 3.05) is 13.2 Å². The van der Waals surface area contributed by atoms with Crippen LogP contribution in [0.1, 0.15) is 192 Å². The normalized spacial score (nSPS) is 27.4. The van der Waals surface area contributed by atoms with Gasteiger partial charge < -0.3 is 40.1 Å². The zero-order chi connectivity index (χ0) is 40.3. The Labute approximate surface area is 339 Å². The average molecular weight is 791 g/mol. The Morgan fingerprint density at radius 3 is 1.93 bits per heavy atom. The van der Waals surface area contributed by atoms with Gasteiger partial charge in [-0.2, -0.15) is 5.10 Å². The van der Waals surface area contributed by atoms with Gasteiger partial charge in [-0.25, -0.2) is 0 Å². The lowest BCUT2D eigenvalue weighted by atomic mass is 9.48. The minimum Gasteiger partial charge on any atom is -0.394 e. The SMILES string of the molecule is CCCCCCCCCCCCCC[C@@H](O)[C@@H](O)[C@H](COC1OC(CO)C(O)C(O)C1O)c1cc(CCCCCCCCCCC2=CC[C@H]3C[C@@H]2C3(C)C)[nH]n1. The lowest BCUT2D eigenvalue weighted by Crippen LogP contribution is -2.59. The molecule has 2 fully saturated rings. The number of nitrogens with zero attached hydrogens (tertiary/aromatic N) is 1. The Kier molecular flexibility index (Phi) is 21.4. The molecular weight excluding hydrogens is 709 g/mol. The van der Waals surface area contributed by atoms with E-state index in [4.69, 9.17) is 9.47 Å². The third kappa shape index (κ3) is 14.4. The van der Waals surface area contributed by atoms with Crippen molar-refractivity contribution < 1.29 is 40.1 Å². The number of aromatic amines is 1. The third-order valence-electron chi connectivity index (χ3n) is 13.7. The molecule has 10 nitrogen and oxygen atoms in total. The van der Waals surface area contributed by atoms with Crippen molar-refractivity contribution in [3.05, 3.63) is 29.1 Å². The van der Waals surface area contributed by atoms with Crippen LogP contribution >= 0.6 is 0 Å². The number of rotatable bonds is 31. The number of aryl methyl sites for hydroxylation is 1. The van der Waals surface area contributed by atoms with Crippen molar-refractivity contribution in [2.45, 2.75) is 230 Å². The van der Waals surface area contributed by atoms with Crippen LogP contribution in [0.5, 0.6) is 0 Å². The molecular formula is C46H82N2O8. The number of hydrogen-bond donors (Lipinski definition) is 7. The molecule has 3 aliphatic carbocycles. The van der Waals surface area contributed by atoms with Crippen LogP contribution in [0.2, 0.25) is 0 Å². The van der Waals surface area contributed by atoms with Gasteiger partial charge in [0.05, 0.1) is 37.0 Å². The Morgan fingerprint density at radius 1 is 0.786 bits per heavy atom. The number of aliphatic hydroxyl groups excluding tert-OH is 6. The summed E-state index contributed by atoms with van der Waals surface area (Å²) >= 11 is 0. The van der Waals surface area contributed by atoms with Crippen LogP contribution in [0, 0.1) is 17.3 Å². The predicted molar refractivity (Wildman–Crippen MR) is 222 cm³/mol. The van der Waals surface area contributed by atoms with E-state index in [1.54, 1.807) is 5.57 Å². The Balaban J connectivity index is 1.16. The number of fused-ring (bicyclic) bond motifs is 1. The fraction of sp³-hybridized carbons (Fsp3) is 0.891. The summed E-state index contributed by atoms with van der Waals surface area (Å²) in [5.41, 5.74) is 3.78. The van der Waals surface area contributed by atoms with E-state index >= 15 is 0 Å². The van der Waals surface area contributed by atoms with Crippen molar-refractivity contribution >= 4 is 0 Å². The molecule has 324 valence electrons. The zero-order valence-corrected chi connectivity index (χ0v) is 35.5. The molecule has 1 saturated heterocycles. The van der Waals surface area contributed by atoms with Gasteiger partial charge in [-0.3, -0.25) is 5.10 Å². The molecule has 1 aromatic heterocycles. The monoisotopic (exact) mass is 791 g/mol. The smallest absolute Gasteiger partial charge is 0.186 e. The lowest BCUT2D eigenvalue weighted by molar-refractivity contribution is -0.303. The lowest BCUT2D eigenvalue weighted by Gasteiger charge is -2.56. The molecule has 1 saturated carbocycles. The first-order valence-electron chi connectivity index (χ1n) is 23.1. The van der Waals surface area contributed by atoms with Crippen LogP contribution in [0.4, 0.5) is 0 Å². The second kappa shape index (κ2) is 25.3. The Hall–Kier alpha value is -1.37. The quantitative estimate of drug-likeness (QED) is 0.0290. The maximum absolute atomic E-state index is 11.4. The van der Waals surface area contributed by atoms with E-state index in [2.05, 4.69) is 37.0 Å². The predicted octanol–water partition coefficient (Wildman–Crippen LogP) is 8.17. The molecule has 10 heteroatoms. The van der Waals surface area contributed by atoms with E-state index in [9.17, 15) is 30.6 Å². The summed E-state index contributed by atoms with van der Waals surface area (Å²) < 4.78 is 11.4. The fourth-order valence-electron chi connectivity index (χ4n) is 9.56.